The third-order valence-corrected chi connectivity index (χ3v) is 3.52. The van der Waals surface area contributed by atoms with Crippen LogP contribution in [0.1, 0.15) is 16.2 Å². The van der Waals surface area contributed by atoms with Crippen LogP contribution in [0.4, 0.5) is 4.39 Å². The fourth-order valence-corrected chi connectivity index (χ4v) is 2.25. The van der Waals surface area contributed by atoms with E-state index in [1.165, 1.54) is 24.5 Å². The second kappa shape index (κ2) is 6.67. The maximum absolute atomic E-state index is 12.9. The van der Waals surface area contributed by atoms with Crippen LogP contribution < -0.4 is 0 Å². The van der Waals surface area contributed by atoms with E-state index in [1.807, 2.05) is 0 Å². The van der Waals surface area contributed by atoms with Gasteiger partial charge < -0.3 is 18.2 Å². The largest absolute Gasteiger partial charge is 0.461 e. The minimum absolute atomic E-state index is 0.0126. The average Bonchev–Trinajstić information content (AvgIpc) is 3.41. The number of halogens is 1. The molecule has 0 saturated carbocycles. The summed E-state index contributed by atoms with van der Waals surface area (Å²) in [6.07, 6.45) is 1.49. The van der Waals surface area contributed by atoms with Crippen LogP contribution in [0.2, 0.25) is 0 Å². The van der Waals surface area contributed by atoms with Crippen LogP contribution >= 0.6 is 0 Å². The van der Waals surface area contributed by atoms with E-state index in [9.17, 15) is 9.18 Å². The minimum atomic E-state index is -0.669. The van der Waals surface area contributed by atoms with E-state index < -0.39 is 5.97 Å². The standard InChI is InChI=1S/C18H11FN2O5/c19-12-5-3-11(4-6-12)16-8-13(20-25-16)10-24-18(22)14-9-17(26-21-14)15-2-1-7-23-15/h1-9H,10H2. The summed E-state index contributed by atoms with van der Waals surface area (Å²) in [5.41, 5.74) is 1.09. The van der Waals surface area contributed by atoms with Crippen LogP contribution in [0.25, 0.3) is 22.8 Å². The van der Waals surface area contributed by atoms with E-state index in [4.69, 9.17) is 18.2 Å². The van der Waals surface area contributed by atoms with Gasteiger partial charge in [-0.15, -0.1) is 0 Å². The van der Waals surface area contributed by atoms with Gasteiger partial charge in [-0.1, -0.05) is 10.3 Å². The molecule has 0 spiro atoms. The van der Waals surface area contributed by atoms with Crippen LogP contribution in [-0.2, 0) is 11.3 Å². The SMILES string of the molecule is O=C(OCc1cc(-c2ccc(F)cc2)on1)c1cc(-c2ccco2)on1. The zero-order valence-corrected chi connectivity index (χ0v) is 13.2. The first-order valence-corrected chi connectivity index (χ1v) is 7.58. The first kappa shape index (κ1) is 15.8. The number of benzene rings is 1. The monoisotopic (exact) mass is 354 g/mol. The number of hydrogen-bond donors (Lipinski definition) is 0. The van der Waals surface area contributed by atoms with Gasteiger partial charge in [0.15, 0.2) is 17.2 Å². The lowest BCUT2D eigenvalue weighted by atomic mass is 10.1. The van der Waals surface area contributed by atoms with Gasteiger partial charge in [-0.3, -0.25) is 0 Å². The van der Waals surface area contributed by atoms with Crippen molar-refractivity contribution in [2.75, 3.05) is 0 Å². The van der Waals surface area contributed by atoms with Gasteiger partial charge in [0.05, 0.1) is 6.26 Å². The van der Waals surface area contributed by atoms with Crippen molar-refractivity contribution in [2.45, 2.75) is 6.61 Å². The van der Waals surface area contributed by atoms with Gasteiger partial charge >= 0.3 is 5.97 Å². The Hall–Kier alpha value is -3.68. The Kier molecular flexibility index (Phi) is 4.06. The van der Waals surface area contributed by atoms with E-state index >= 15 is 0 Å². The summed E-state index contributed by atoms with van der Waals surface area (Å²) in [7, 11) is 0. The molecule has 0 aliphatic heterocycles. The van der Waals surface area contributed by atoms with E-state index in [1.54, 1.807) is 30.3 Å². The molecular formula is C18H11FN2O5. The number of esters is 1. The predicted octanol–water partition coefficient (Wildman–Crippen LogP) is 4.09. The summed E-state index contributed by atoms with van der Waals surface area (Å²) in [4.78, 5) is 12.0. The molecule has 4 rings (SSSR count). The summed E-state index contributed by atoms with van der Waals surface area (Å²) in [6.45, 7) is -0.105. The lowest BCUT2D eigenvalue weighted by Crippen LogP contribution is -2.05. The fourth-order valence-electron chi connectivity index (χ4n) is 2.25. The number of rotatable bonds is 5. The fraction of sp³-hybridized carbons (Fsp3) is 0.0556. The molecule has 0 atom stereocenters. The Bertz CT molecular complexity index is 1020. The molecule has 0 saturated heterocycles. The third-order valence-electron chi connectivity index (χ3n) is 3.52. The predicted molar refractivity (Wildman–Crippen MR) is 85.2 cm³/mol. The van der Waals surface area contributed by atoms with E-state index in [0.717, 1.165) is 0 Å². The van der Waals surface area contributed by atoms with Crippen molar-refractivity contribution in [3.8, 4) is 22.8 Å². The minimum Gasteiger partial charge on any atom is -0.461 e. The molecule has 0 bridgehead atoms. The number of carbonyl (C=O) groups is 1. The quantitative estimate of drug-likeness (QED) is 0.499. The molecular weight excluding hydrogens is 343 g/mol. The smallest absolute Gasteiger partial charge is 0.360 e. The Balaban J connectivity index is 1.40. The number of ether oxygens (including phenoxy) is 1. The molecule has 26 heavy (non-hydrogen) atoms. The zero-order chi connectivity index (χ0) is 17.9. The molecule has 0 N–H and O–H groups in total. The summed E-state index contributed by atoms with van der Waals surface area (Å²) >= 11 is 0. The highest BCUT2D eigenvalue weighted by molar-refractivity contribution is 5.88. The van der Waals surface area contributed by atoms with E-state index in [2.05, 4.69) is 10.3 Å². The number of furan rings is 1. The van der Waals surface area contributed by atoms with Gasteiger partial charge in [0.25, 0.3) is 0 Å². The van der Waals surface area contributed by atoms with Crippen LogP contribution in [0, 0.1) is 5.82 Å². The highest BCUT2D eigenvalue weighted by atomic mass is 19.1. The molecule has 130 valence electrons. The highest BCUT2D eigenvalue weighted by Gasteiger charge is 2.17. The lowest BCUT2D eigenvalue weighted by Gasteiger charge is -1.97. The van der Waals surface area contributed by atoms with Crippen LogP contribution in [-0.4, -0.2) is 16.3 Å². The molecule has 1 aromatic carbocycles. The molecule has 7 nitrogen and oxygen atoms in total. The average molecular weight is 354 g/mol. The van der Waals surface area contributed by atoms with Crippen molar-refractivity contribution in [1.82, 2.24) is 10.3 Å². The third kappa shape index (κ3) is 3.25. The molecule has 4 aromatic rings. The second-order valence-electron chi connectivity index (χ2n) is 5.32. The maximum Gasteiger partial charge on any atom is 0.360 e. The van der Waals surface area contributed by atoms with Crippen molar-refractivity contribution >= 4 is 5.97 Å². The number of carbonyl (C=O) groups excluding carboxylic acids is 1. The number of aromatic nitrogens is 2. The molecule has 0 fully saturated rings. The van der Waals surface area contributed by atoms with Crippen LogP contribution in [0.15, 0.2) is 68.3 Å². The Morgan fingerprint density at radius 3 is 2.58 bits per heavy atom. The number of nitrogens with zero attached hydrogens (tertiary/aromatic N) is 2. The Morgan fingerprint density at radius 1 is 1.00 bits per heavy atom. The summed E-state index contributed by atoms with van der Waals surface area (Å²) in [6, 6.07) is 12.2. The van der Waals surface area contributed by atoms with Crippen molar-refractivity contribution in [2.24, 2.45) is 0 Å². The van der Waals surface area contributed by atoms with Crippen LogP contribution in [0.3, 0.4) is 0 Å². The molecule has 0 unspecified atom stereocenters. The Labute approximate surface area is 145 Å². The molecule has 0 aliphatic rings. The van der Waals surface area contributed by atoms with Crippen molar-refractivity contribution in [3.05, 3.63) is 72.0 Å². The topological polar surface area (TPSA) is 91.5 Å². The first-order valence-electron chi connectivity index (χ1n) is 7.58. The lowest BCUT2D eigenvalue weighted by molar-refractivity contribution is 0.0452. The molecule has 3 heterocycles. The molecule has 3 aromatic heterocycles. The highest BCUT2D eigenvalue weighted by Crippen LogP contribution is 2.22. The normalized spacial score (nSPS) is 10.8. The Morgan fingerprint density at radius 2 is 1.81 bits per heavy atom. The van der Waals surface area contributed by atoms with Gasteiger partial charge in [0.2, 0.25) is 5.76 Å². The molecule has 0 amide bonds. The molecule has 8 heteroatoms. The van der Waals surface area contributed by atoms with Gasteiger partial charge in [-0.2, -0.15) is 0 Å². The van der Waals surface area contributed by atoms with E-state index in [-0.39, 0.29) is 18.1 Å². The summed E-state index contributed by atoms with van der Waals surface area (Å²) in [5.74, 6) is 0.207. The van der Waals surface area contributed by atoms with Crippen LogP contribution in [0.5, 0.6) is 0 Å². The first-order chi connectivity index (χ1) is 12.7. The van der Waals surface area contributed by atoms with Gasteiger partial charge in [0, 0.05) is 17.7 Å². The summed E-state index contributed by atoms with van der Waals surface area (Å²) in [5, 5.41) is 7.48. The number of hydrogen-bond acceptors (Lipinski definition) is 7. The van der Waals surface area contributed by atoms with Crippen molar-refractivity contribution in [1.29, 1.82) is 0 Å². The van der Waals surface area contributed by atoms with Gasteiger partial charge in [-0.25, -0.2) is 9.18 Å². The van der Waals surface area contributed by atoms with Gasteiger partial charge in [-0.05, 0) is 36.4 Å². The molecule has 0 radical (unpaired) electrons. The molecule has 0 aliphatic carbocycles. The zero-order valence-electron chi connectivity index (χ0n) is 13.2. The summed E-state index contributed by atoms with van der Waals surface area (Å²) < 4.78 is 33.5. The maximum atomic E-state index is 12.9. The second-order valence-corrected chi connectivity index (χ2v) is 5.32. The van der Waals surface area contributed by atoms with Crippen molar-refractivity contribution < 1.29 is 27.4 Å². The van der Waals surface area contributed by atoms with Gasteiger partial charge in [0.1, 0.15) is 18.1 Å². The van der Waals surface area contributed by atoms with Crippen molar-refractivity contribution in [3.63, 3.8) is 0 Å². The van der Waals surface area contributed by atoms with E-state index in [0.29, 0.717) is 28.5 Å².